The molecule has 0 saturated heterocycles. The molecule has 84 valence electrons. The summed E-state index contributed by atoms with van der Waals surface area (Å²) < 4.78 is 0. The molecule has 16 heavy (non-hydrogen) atoms. The van der Waals surface area contributed by atoms with E-state index in [9.17, 15) is 9.59 Å². The van der Waals surface area contributed by atoms with Crippen LogP contribution in [0.3, 0.4) is 0 Å². The number of amides is 1. The van der Waals surface area contributed by atoms with E-state index in [1.54, 1.807) is 25.3 Å². The van der Waals surface area contributed by atoms with Crippen LogP contribution in [0.2, 0.25) is 0 Å². The van der Waals surface area contributed by atoms with Crippen LogP contribution in [0.1, 0.15) is 6.92 Å². The van der Waals surface area contributed by atoms with E-state index in [4.69, 9.17) is 5.11 Å². The lowest BCUT2D eigenvalue weighted by Crippen LogP contribution is -2.43. The Morgan fingerprint density at radius 3 is 3.12 bits per heavy atom. The molecule has 1 aromatic rings. The van der Waals surface area contributed by atoms with Gasteiger partial charge in [-0.3, -0.25) is 14.5 Å². The number of aliphatic carboxylic acids is 1. The minimum absolute atomic E-state index is 0.187. The van der Waals surface area contributed by atoms with Crippen LogP contribution < -0.4 is 4.90 Å². The zero-order valence-corrected chi connectivity index (χ0v) is 9.40. The Kier molecular flexibility index (Phi) is 2.82. The summed E-state index contributed by atoms with van der Waals surface area (Å²) in [6.07, 6.45) is 1.63. The van der Waals surface area contributed by atoms with Gasteiger partial charge in [0.05, 0.1) is 10.9 Å². The van der Waals surface area contributed by atoms with Crippen LogP contribution in [0.25, 0.3) is 0 Å². The van der Waals surface area contributed by atoms with Crippen molar-refractivity contribution < 1.29 is 14.7 Å². The first-order valence-corrected chi connectivity index (χ1v) is 5.62. The number of hydrogen-bond donors (Lipinski definition) is 1. The molecule has 1 amide bonds. The number of aromatic nitrogens is 1. The van der Waals surface area contributed by atoms with Gasteiger partial charge < -0.3 is 5.11 Å². The maximum Gasteiger partial charge on any atom is 0.323 e. The smallest absolute Gasteiger partial charge is 0.323 e. The Bertz CT molecular complexity index is 449. The molecule has 5 nitrogen and oxygen atoms in total. The van der Waals surface area contributed by atoms with Crippen molar-refractivity contribution in [1.29, 1.82) is 0 Å². The highest BCUT2D eigenvalue weighted by atomic mass is 32.2. The van der Waals surface area contributed by atoms with Crippen LogP contribution in [-0.4, -0.2) is 33.8 Å². The van der Waals surface area contributed by atoms with Crippen LogP contribution in [0.4, 0.5) is 5.69 Å². The first-order valence-electron chi connectivity index (χ1n) is 4.74. The molecule has 2 rings (SSSR count). The zero-order valence-electron chi connectivity index (χ0n) is 8.58. The molecule has 1 aliphatic heterocycles. The monoisotopic (exact) mass is 238 g/mol. The Labute approximate surface area is 96.5 Å². The third-order valence-electron chi connectivity index (χ3n) is 2.24. The highest BCUT2D eigenvalue weighted by Crippen LogP contribution is 2.36. The van der Waals surface area contributed by atoms with Gasteiger partial charge in [-0.25, -0.2) is 4.98 Å². The van der Waals surface area contributed by atoms with E-state index >= 15 is 0 Å². The van der Waals surface area contributed by atoms with Crippen LogP contribution in [0.15, 0.2) is 23.4 Å². The van der Waals surface area contributed by atoms with Gasteiger partial charge in [-0.2, -0.15) is 0 Å². The second kappa shape index (κ2) is 4.13. The van der Waals surface area contributed by atoms with Crippen LogP contribution in [-0.2, 0) is 9.59 Å². The van der Waals surface area contributed by atoms with Crippen LogP contribution in [0, 0.1) is 0 Å². The molecule has 1 aromatic heterocycles. The molecule has 0 bridgehead atoms. The number of pyridine rings is 1. The average Bonchev–Trinajstić information content (AvgIpc) is 2.24. The van der Waals surface area contributed by atoms with Crippen LogP contribution in [0.5, 0.6) is 0 Å². The van der Waals surface area contributed by atoms with Gasteiger partial charge in [0.25, 0.3) is 0 Å². The first-order chi connectivity index (χ1) is 7.59. The predicted octanol–water partition coefficient (Wildman–Crippen LogP) is 0.993. The lowest BCUT2D eigenvalue weighted by Gasteiger charge is -2.30. The molecule has 2 heterocycles. The molecular formula is C10H10N2O3S. The number of carboxylic acid groups (broad SMARTS) is 1. The molecule has 0 fully saturated rings. The van der Waals surface area contributed by atoms with Crippen molar-refractivity contribution in [2.45, 2.75) is 17.2 Å². The van der Waals surface area contributed by atoms with Crippen molar-refractivity contribution in [3.63, 3.8) is 0 Å². The molecular weight excluding hydrogens is 228 g/mol. The third-order valence-corrected chi connectivity index (χ3v) is 3.33. The van der Waals surface area contributed by atoms with E-state index in [0.717, 1.165) is 0 Å². The molecule has 1 aliphatic rings. The molecule has 1 unspecified atom stereocenters. The summed E-state index contributed by atoms with van der Waals surface area (Å²) in [5, 5.41) is 9.19. The fourth-order valence-corrected chi connectivity index (χ4v) is 2.52. The molecule has 0 aliphatic carbocycles. The molecule has 1 atom stereocenters. The molecule has 0 saturated carbocycles. The van der Waals surface area contributed by atoms with Crippen molar-refractivity contribution >= 4 is 29.3 Å². The van der Waals surface area contributed by atoms with Crippen LogP contribution >= 0.6 is 11.8 Å². The van der Waals surface area contributed by atoms with Crippen molar-refractivity contribution in [3.8, 4) is 0 Å². The molecule has 6 heteroatoms. The number of thioether (sulfide) groups is 1. The Morgan fingerprint density at radius 2 is 2.44 bits per heavy atom. The van der Waals surface area contributed by atoms with Gasteiger partial charge in [-0.15, -0.1) is 0 Å². The third kappa shape index (κ3) is 1.88. The highest BCUT2D eigenvalue weighted by molar-refractivity contribution is 8.00. The van der Waals surface area contributed by atoms with Gasteiger partial charge in [0.1, 0.15) is 11.6 Å². The van der Waals surface area contributed by atoms with Crippen molar-refractivity contribution in [2.75, 3.05) is 11.4 Å². The van der Waals surface area contributed by atoms with Gasteiger partial charge in [-0.1, -0.05) is 11.8 Å². The number of fused-ring (bicyclic) bond motifs is 1. The lowest BCUT2D eigenvalue weighted by molar-refractivity contribution is -0.136. The van der Waals surface area contributed by atoms with Crippen molar-refractivity contribution in [1.82, 2.24) is 4.98 Å². The van der Waals surface area contributed by atoms with Gasteiger partial charge in [0, 0.05) is 6.20 Å². The SMILES string of the molecule is CC1Sc2ncccc2N(CC(=O)O)C1=O. The Morgan fingerprint density at radius 1 is 1.69 bits per heavy atom. The molecule has 1 N–H and O–H groups in total. The van der Waals surface area contributed by atoms with Gasteiger partial charge >= 0.3 is 5.97 Å². The number of carbonyl (C=O) groups is 2. The number of nitrogens with zero attached hydrogens (tertiary/aromatic N) is 2. The number of carbonyl (C=O) groups excluding carboxylic acids is 1. The maximum absolute atomic E-state index is 11.8. The summed E-state index contributed by atoms with van der Waals surface area (Å²) >= 11 is 1.36. The summed E-state index contributed by atoms with van der Waals surface area (Å²) in [4.78, 5) is 28.0. The minimum atomic E-state index is -1.03. The van der Waals surface area contributed by atoms with E-state index in [1.807, 2.05) is 0 Å². The molecule has 0 radical (unpaired) electrons. The second-order valence-corrected chi connectivity index (χ2v) is 4.74. The van der Waals surface area contributed by atoms with E-state index in [1.165, 1.54) is 16.7 Å². The zero-order chi connectivity index (χ0) is 11.7. The number of carboxylic acids is 1. The average molecular weight is 238 g/mol. The fraction of sp³-hybridized carbons (Fsp3) is 0.300. The van der Waals surface area contributed by atoms with E-state index in [0.29, 0.717) is 10.7 Å². The predicted molar refractivity (Wildman–Crippen MR) is 59.5 cm³/mol. The van der Waals surface area contributed by atoms with Crippen molar-refractivity contribution in [3.05, 3.63) is 18.3 Å². The topological polar surface area (TPSA) is 70.5 Å². The summed E-state index contributed by atoms with van der Waals surface area (Å²) in [7, 11) is 0. The van der Waals surface area contributed by atoms with Gasteiger partial charge in [-0.05, 0) is 19.1 Å². The first kappa shape index (κ1) is 10.9. The summed E-state index contributed by atoms with van der Waals surface area (Å²) in [6.45, 7) is 1.43. The van der Waals surface area contributed by atoms with Crippen molar-refractivity contribution in [2.24, 2.45) is 0 Å². The highest BCUT2D eigenvalue weighted by Gasteiger charge is 2.32. The van der Waals surface area contributed by atoms with E-state index < -0.39 is 5.97 Å². The number of anilines is 1. The standard InChI is InChI=1S/C10H10N2O3S/c1-6-10(15)12(5-8(13)14)7-3-2-4-11-9(7)16-6/h2-4,6H,5H2,1H3,(H,13,14). The summed E-state index contributed by atoms with van der Waals surface area (Å²) in [5.74, 6) is -1.21. The normalized spacial score (nSPS) is 19.4. The fourth-order valence-electron chi connectivity index (χ4n) is 1.53. The minimum Gasteiger partial charge on any atom is -0.480 e. The largest absolute Gasteiger partial charge is 0.480 e. The second-order valence-electron chi connectivity index (χ2n) is 3.41. The summed E-state index contributed by atoms with van der Waals surface area (Å²) in [5.41, 5.74) is 0.581. The number of rotatable bonds is 2. The molecule has 0 spiro atoms. The Balaban J connectivity index is 2.41. The molecule has 0 aromatic carbocycles. The maximum atomic E-state index is 11.8. The Hall–Kier alpha value is -1.56. The lowest BCUT2D eigenvalue weighted by atomic mass is 10.3. The van der Waals surface area contributed by atoms with E-state index in [-0.39, 0.29) is 17.7 Å². The van der Waals surface area contributed by atoms with Gasteiger partial charge in [0.2, 0.25) is 5.91 Å². The van der Waals surface area contributed by atoms with E-state index in [2.05, 4.69) is 4.98 Å². The summed E-state index contributed by atoms with van der Waals surface area (Å²) in [6, 6.07) is 3.40. The van der Waals surface area contributed by atoms with Gasteiger partial charge in [0.15, 0.2) is 0 Å². The number of hydrogen-bond acceptors (Lipinski definition) is 4. The quantitative estimate of drug-likeness (QED) is 0.832.